The van der Waals surface area contributed by atoms with Crippen molar-refractivity contribution in [1.29, 1.82) is 0 Å². The van der Waals surface area contributed by atoms with E-state index in [4.69, 9.17) is 15.2 Å². The number of nitrogens with one attached hydrogen (secondary N) is 1. The summed E-state index contributed by atoms with van der Waals surface area (Å²) in [6, 6.07) is 15.2. The smallest absolute Gasteiger partial charge is 0.193 e. The zero-order valence-corrected chi connectivity index (χ0v) is 14.9. The summed E-state index contributed by atoms with van der Waals surface area (Å²) in [5.41, 5.74) is 7.75. The van der Waals surface area contributed by atoms with Crippen LogP contribution in [-0.2, 0) is 6.54 Å². The highest BCUT2D eigenvalue weighted by molar-refractivity contribution is 14.0. The van der Waals surface area contributed by atoms with Gasteiger partial charge in [0.1, 0.15) is 11.5 Å². The Hall–Kier alpha value is -1.96. The van der Waals surface area contributed by atoms with Gasteiger partial charge < -0.3 is 20.5 Å². The van der Waals surface area contributed by atoms with Crippen LogP contribution in [0.3, 0.4) is 0 Å². The van der Waals surface area contributed by atoms with E-state index in [1.165, 1.54) is 0 Å². The van der Waals surface area contributed by atoms with Gasteiger partial charge in [-0.2, -0.15) is 0 Å². The van der Waals surface area contributed by atoms with Gasteiger partial charge in [0.25, 0.3) is 0 Å². The molecule has 0 unspecified atom stereocenters. The van der Waals surface area contributed by atoms with Crippen LogP contribution in [0.25, 0.3) is 0 Å². The van der Waals surface area contributed by atoms with Gasteiger partial charge in [0, 0.05) is 11.8 Å². The number of benzene rings is 2. The molecule has 0 radical (unpaired) electrons. The molecule has 0 saturated heterocycles. The molecular weight excluding hydrogens is 393 g/mol. The molecule has 0 saturated carbocycles. The van der Waals surface area contributed by atoms with Crippen LogP contribution in [0.5, 0.6) is 11.5 Å². The lowest BCUT2D eigenvalue weighted by molar-refractivity contribution is 0.414. The fraction of sp³-hybridized carbons (Fsp3) is 0.188. The number of hydrogen-bond donors (Lipinski definition) is 2. The van der Waals surface area contributed by atoms with Crippen LogP contribution in [0.1, 0.15) is 5.56 Å². The Balaban J connectivity index is 0.00000242. The average molecular weight is 413 g/mol. The SMILES string of the molecule is COc1cccc(CN=C(N)Nc2cccc(OC)c2)c1.I. The van der Waals surface area contributed by atoms with Crippen LogP contribution in [0, 0.1) is 0 Å². The molecule has 0 spiro atoms. The monoisotopic (exact) mass is 413 g/mol. The Morgan fingerprint density at radius 2 is 1.68 bits per heavy atom. The predicted molar refractivity (Wildman–Crippen MR) is 100 cm³/mol. The minimum Gasteiger partial charge on any atom is -0.497 e. The lowest BCUT2D eigenvalue weighted by Gasteiger charge is -2.07. The number of nitrogens with zero attached hydrogens (tertiary/aromatic N) is 1. The third kappa shape index (κ3) is 5.44. The summed E-state index contributed by atoms with van der Waals surface area (Å²) in [4.78, 5) is 4.31. The maximum absolute atomic E-state index is 5.88. The predicted octanol–water partition coefficient (Wildman–Crippen LogP) is 3.25. The number of anilines is 1. The van der Waals surface area contributed by atoms with Crippen molar-refractivity contribution in [2.45, 2.75) is 6.54 Å². The molecule has 0 fully saturated rings. The van der Waals surface area contributed by atoms with Crippen LogP contribution in [-0.4, -0.2) is 20.2 Å². The maximum atomic E-state index is 5.88. The van der Waals surface area contributed by atoms with Crippen LogP contribution >= 0.6 is 24.0 Å². The summed E-state index contributed by atoms with van der Waals surface area (Å²) < 4.78 is 10.3. The number of ether oxygens (including phenoxy) is 2. The first kappa shape index (κ1) is 18.1. The molecule has 2 rings (SSSR count). The summed E-state index contributed by atoms with van der Waals surface area (Å²) in [5, 5.41) is 3.03. The number of hydrogen-bond acceptors (Lipinski definition) is 3. The summed E-state index contributed by atoms with van der Waals surface area (Å²) in [6.45, 7) is 0.486. The van der Waals surface area contributed by atoms with Crippen LogP contribution in [0.2, 0.25) is 0 Å². The van der Waals surface area contributed by atoms with Crippen LogP contribution in [0.4, 0.5) is 5.69 Å². The number of aliphatic imine (C=N–C) groups is 1. The van der Waals surface area contributed by atoms with Gasteiger partial charge in [0.2, 0.25) is 0 Å². The summed E-state index contributed by atoms with van der Waals surface area (Å²) >= 11 is 0. The quantitative estimate of drug-likeness (QED) is 0.449. The Kier molecular flexibility index (Phi) is 7.51. The molecule has 2 aromatic rings. The van der Waals surface area contributed by atoms with Crippen molar-refractivity contribution in [2.24, 2.45) is 10.7 Å². The van der Waals surface area contributed by atoms with Crippen molar-refractivity contribution in [3.05, 3.63) is 54.1 Å². The standard InChI is InChI=1S/C16H19N3O2.HI/c1-20-14-7-3-5-12(9-14)11-18-16(17)19-13-6-4-8-15(10-13)21-2;/h3-10H,11H2,1-2H3,(H3,17,18,19);1H. The Bertz CT molecular complexity index is 632. The molecule has 6 heteroatoms. The first-order chi connectivity index (χ1) is 10.2. The van der Waals surface area contributed by atoms with Gasteiger partial charge >= 0.3 is 0 Å². The number of guanidine groups is 1. The minimum atomic E-state index is 0. The van der Waals surface area contributed by atoms with Crippen molar-refractivity contribution >= 4 is 35.6 Å². The van der Waals surface area contributed by atoms with Crippen molar-refractivity contribution in [3.8, 4) is 11.5 Å². The highest BCUT2D eigenvalue weighted by Gasteiger charge is 1.99. The highest BCUT2D eigenvalue weighted by atomic mass is 127. The number of halogens is 1. The molecule has 0 atom stereocenters. The zero-order valence-electron chi connectivity index (χ0n) is 12.6. The van der Waals surface area contributed by atoms with Gasteiger partial charge in [-0.15, -0.1) is 24.0 Å². The maximum Gasteiger partial charge on any atom is 0.193 e. The van der Waals surface area contributed by atoms with E-state index in [1.807, 2.05) is 48.5 Å². The Labute approximate surface area is 147 Å². The molecule has 0 bridgehead atoms. The molecule has 0 aromatic heterocycles. The Morgan fingerprint density at radius 3 is 2.36 bits per heavy atom. The van der Waals surface area contributed by atoms with E-state index in [1.54, 1.807) is 14.2 Å². The molecule has 0 amide bonds. The van der Waals surface area contributed by atoms with Gasteiger partial charge in [-0.25, -0.2) is 4.99 Å². The van der Waals surface area contributed by atoms with Gasteiger partial charge in [0.05, 0.1) is 20.8 Å². The van der Waals surface area contributed by atoms with Gasteiger partial charge in [0.15, 0.2) is 5.96 Å². The molecule has 0 aliphatic heterocycles. The number of rotatable bonds is 5. The first-order valence-corrected chi connectivity index (χ1v) is 6.55. The minimum absolute atomic E-state index is 0. The Morgan fingerprint density at radius 1 is 1.05 bits per heavy atom. The van der Waals surface area contributed by atoms with E-state index in [9.17, 15) is 0 Å². The fourth-order valence-corrected chi connectivity index (χ4v) is 1.84. The lowest BCUT2D eigenvalue weighted by Crippen LogP contribution is -2.22. The second-order valence-electron chi connectivity index (χ2n) is 4.41. The summed E-state index contributed by atoms with van der Waals surface area (Å²) in [7, 11) is 3.26. The van der Waals surface area contributed by atoms with Gasteiger partial charge in [-0.05, 0) is 29.8 Å². The van der Waals surface area contributed by atoms with Gasteiger partial charge in [-0.1, -0.05) is 18.2 Å². The van der Waals surface area contributed by atoms with Crippen molar-refractivity contribution in [1.82, 2.24) is 0 Å². The highest BCUT2D eigenvalue weighted by Crippen LogP contribution is 2.16. The molecular formula is C16H20IN3O2. The molecule has 3 N–H and O–H groups in total. The van der Waals surface area contributed by atoms with E-state index in [-0.39, 0.29) is 24.0 Å². The van der Waals surface area contributed by atoms with E-state index in [2.05, 4.69) is 10.3 Å². The summed E-state index contributed by atoms with van der Waals surface area (Å²) in [6.07, 6.45) is 0. The van der Waals surface area contributed by atoms with Crippen molar-refractivity contribution in [2.75, 3.05) is 19.5 Å². The third-order valence-electron chi connectivity index (χ3n) is 2.91. The van der Waals surface area contributed by atoms with E-state index >= 15 is 0 Å². The first-order valence-electron chi connectivity index (χ1n) is 6.55. The van der Waals surface area contributed by atoms with E-state index < -0.39 is 0 Å². The second kappa shape index (κ2) is 9.14. The zero-order chi connectivity index (χ0) is 15.1. The second-order valence-corrected chi connectivity index (χ2v) is 4.41. The molecule has 2 aromatic carbocycles. The topological polar surface area (TPSA) is 68.9 Å². The van der Waals surface area contributed by atoms with Crippen molar-refractivity contribution in [3.63, 3.8) is 0 Å². The lowest BCUT2D eigenvalue weighted by atomic mass is 10.2. The van der Waals surface area contributed by atoms with Crippen molar-refractivity contribution < 1.29 is 9.47 Å². The number of nitrogens with two attached hydrogens (primary N) is 1. The van der Waals surface area contributed by atoms with E-state index in [0.29, 0.717) is 12.5 Å². The normalized spacial score (nSPS) is 10.5. The molecule has 0 aliphatic rings. The largest absolute Gasteiger partial charge is 0.497 e. The third-order valence-corrected chi connectivity index (χ3v) is 2.91. The average Bonchev–Trinajstić information content (AvgIpc) is 2.53. The molecule has 5 nitrogen and oxygen atoms in total. The molecule has 118 valence electrons. The summed E-state index contributed by atoms with van der Waals surface area (Å²) in [5.74, 6) is 1.92. The van der Waals surface area contributed by atoms with Crippen LogP contribution < -0.4 is 20.5 Å². The fourth-order valence-electron chi connectivity index (χ4n) is 1.84. The molecule has 22 heavy (non-hydrogen) atoms. The molecule has 0 aliphatic carbocycles. The number of methoxy groups -OCH3 is 2. The molecule has 0 heterocycles. The van der Waals surface area contributed by atoms with Crippen LogP contribution in [0.15, 0.2) is 53.5 Å². The van der Waals surface area contributed by atoms with E-state index in [0.717, 1.165) is 22.7 Å². The van der Waals surface area contributed by atoms with Gasteiger partial charge in [-0.3, -0.25) is 0 Å².